The minimum Gasteiger partial charge on any atom is -0.316 e. The van der Waals surface area contributed by atoms with Crippen molar-refractivity contribution in [1.29, 1.82) is 0 Å². The van der Waals surface area contributed by atoms with Crippen LogP contribution in [0.5, 0.6) is 0 Å². The predicted molar refractivity (Wildman–Crippen MR) is 90.3 cm³/mol. The molecule has 0 fully saturated rings. The molecule has 118 valence electrons. The van der Waals surface area contributed by atoms with Crippen LogP contribution < -0.4 is 10.0 Å². The number of hydrogen-bond donors (Lipinski definition) is 1. The number of carbonyl (C=O) groups excluding carboxylic acids is 1. The van der Waals surface area contributed by atoms with Gasteiger partial charge >= 0.3 is 0 Å². The van der Waals surface area contributed by atoms with Crippen molar-refractivity contribution < 1.29 is 13.2 Å². The van der Waals surface area contributed by atoms with Gasteiger partial charge in [-0.05, 0) is 23.3 Å². The van der Waals surface area contributed by atoms with Crippen LogP contribution in [0.3, 0.4) is 0 Å². The third-order valence-electron chi connectivity index (χ3n) is 3.76. The van der Waals surface area contributed by atoms with Crippen LogP contribution in [0, 0.1) is 0 Å². The third kappa shape index (κ3) is 2.56. The second-order valence-corrected chi connectivity index (χ2v) is 7.15. The first-order chi connectivity index (χ1) is 11.0. The summed E-state index contributed by atoms with van der Waals surface area (Å²) in [5, 5.41) is 0. The highest BCUT2D eigenvalue weighted by Gasteiger charge is 2.41. The summed E-state index contributed by atoms with van der Waals surface area (Å²) in [5.74, 6) is -0.947. The summed E-state index contributed by atoms with van der Waals surface area (Å²) in [4.78, 5) is 12.3. The predicted octanol–water partition coefficient (Wildman–Crippen LogP) is 2.22. The lowest BCUT2D eigenvalue weighted by atomic mass is 10.0. The van der Waals surface area contributed by atoms with E-state index in [1.807, 2.05) is 30.3 Å². The van der Waals surface area contributed by atoms with Gasteiger partial charge in [0.05, 0.1) is 11.4 Å². The van der Waals surface area contributed by atoms with E-state index in [9.17, 15) is 13.2 Å². The Kier molecular flexibility index (Phi) is 3.79. The van der Waals surface area contributed by atoms with Crippen LogP contribution in [-0.2, 0) is 14.8 Å². The number of rotatable bonds is 4. The summed E-state index contributed by atoms with van der Waals surface area (Å²) in [6, 6.07) is 13.8. The van der Waals surface area contributed by atoms with E-state index >= 15 is 0 Å². The molecule has 0 saturated heterocycles. The zero-order valence-corrected chi connectivity index (χ0v) is 13.2. The topological polar surface area (TPSA) is 80.5 Å². The van der Waals surface area contributed by atoms with Crippen molar-refractivity contribution in [2.24, 2.45) is 5.73 Å². The van der Waals surface area contributed by atoms with E-state index < -0.39 is 22.0 Å². The van der Waals surface area contributed by atoms with Gasteiger partial charge in [0.2, 0.25) is 10.0 Å². The van der Waals surface area contributed by atoms with E-state index in [1.54, 1.807) is 18.2 Å². The molecule has 3 rings (SSSR count). The number of sulfonamides is 1. The summed E-state index contributed by atoms with van der Waals surface area (Å²) in [7, 11) is -3.80. The molecule has 2 aromatic rings. The number of nitrogens with zero attached hydrogens (tertiary/aromatic N) is 1. The van der Waals surface area contributed by atoms with Gasteiger partial charge in [-0.15, -0.1) is 6.58 Å². The maximum absolute atomic E-state index is 12.3. The van der Waals surface area contributed by atoms with E-state index in [0.717, 1.165) is 15.4 Å². The number of carbonyl (C=O) groups is 1. The molecule has 6 heteroatoms. The van der Waals surface area contributed by atoms with Crippen LogP contribution in [0.1, 0.15) is 11.6 Å². The Morgan fingerprint density at radius 3 is 2.48 bits per heavy atom. The lowest BCUT2D eigenvalue weighted by molar-refractivity contribution is -0.118. The van der Waals surface area contributed by atoms with Crippen LogP contribution in [0.15, 0.2) is 61.2 Å². The molecule has 0 spiro atoms. The number of hydrogen-bond acceptors (Lipinski definition) is 4. The van der Waals surface area contributed by atoms with Crippen molar-refractivity contribution in [3.63, 3.8) is 0 Å². The first kappa shape index (κ1) is 15.5. The number of fused-ring (bicyclic) bond motifs is 1. The molecule has 1 aliphatic rings. The number of anilines is 1. The normalized spacial score (nSPS) is 17.2. The molecule has 0 aliphatic carbocycles. The van der Waals surface area contributed by atoms with Gasteiger partial charge in [-0.3, -0.25) is 4.79 Å². The van der Waals surface area contributed by atoms with Gasteiger partial charge in [0.15, 0.2) is 0 Å². The molecule has 23 heavy (non-hydrogen) atoms. The fraction of sp³-hybridized carbons (Fsp3) is 0.118. The van der Waals surface area contributed by atoms with Crippen molar-refractivity contribution in [3.05, 3.63) is 66.7 Å². The highest BCUT2D eigenvalue weighted by atomic mass is 32.2. The smallest absolute Gasteiger partial charge is 0.262 e. The molecule has 1 unspecified atom stereocenters. The standard InChI is InChI=1S/C17H16N2O3S/c1-2-10-23(21,22)19-15-9-8-13(12-6-4-3-5-7-12)11-14(15)16(18)17(19)20/h2-9,11,16H,1,10,18H2. The van der Waals surface area contributed by atoms with Gasteiger partial charge in [0.1, 0.15) is 6.04 Å². The van der Waals surface area contributed by atoms with Crippen LogP contribution in [0.2, 0.25) is 0 Å². The van der Waals surface area contributed by atoms with E-state index in [0.29, 0.717) is 11.3 Å². The Morgan fingerprint density at radius 1 is 1.13 bits per heavy atom. The first-order valence-electron chi connectivity index (χ1n) is 7.08. The number of nitrogens with two attached hydrogens (primary N) is 1. The molecule has 0 saturated carbocycles. The van der Waals surface area contributed by atoms with Gasteiger partial charge < -0.3 is 5.73 Å². The third-order valence-corrected chi connectivity index (χ3v) is 5.35. The molecule has 2 aromatic carbocycles. The largest absolute Gasteiger partial charge is 0.316 e. The molecule has 1 aliphatic heterocycles. The first-order valence-corrected chi connectivity index (χ1v) is 8.69. The second kappa shape index (κ2) is 5.64. The Balaban J connectivity index is 2.11. The SMILES string of the molecule is C=CCS(=O)(=O)N1C(=O)C(N)c2cc(-c3ccccc3)ccc21. The molecule has 1 heterocycles. The fourth-order valence-electron chi connectivity index (χ4n) is 2.69. The maximum Gasteiger partial charge on any atom is 0.262 e. The summed E-state index contributed by atoms with van der Waals surface area (Å²) in [5.41, 5.74) is 8.64. The molecule has 1 amide bonds. The van der Waals surface area contributed by atoms with Gasteiger partial charge in [-0.2, -0.15) is 0 Å². The lowest BCUT2D eigenvalue weighted by Crippen LogP contribution is -2.38. The molecular formula is C17H16N2O3S. The van der Waals surface area contributed by atoms with Crippen molar-refractivity contribution in [1.82, 2.24) is 0 Å². The van der Waals surface area contributed by atoms with Crippen molar-refractivity contribution in [2.45, 2.75) is 6.04 Å². The molecular weight excluding hydrogens is 312 g/mol. The summed E-state index contributed by atoms with van der Waals surface area (Å²) >= 11 is 0. The van der Waals surface area contributed by atoms with Crippen molar-refractivity contribution in [3.8, 4) is 11.1 Å². The van der Waals surface area contributed by atoms with Crippen molar-refractivity contribution in [2.75, 3.05) is 10.1 Å². The average Bonchev–Trinajstić information content (AvgIpc) is 2.80. The zero-order valence-electron chi connectivity index (χ0n) is 12.3. The molecule has 0 radical (unpaired) electrons. The molecule has 5 nitrogen and oxygen atoms in total. The van der Waals surface area contributed by atoms with Crippen LogP contribution in [0.25, 0.3) is 11.1 Å². The zero-order chi connectivity index (χ0) is 16.6. The minimum atomic E-state index is -3.80. The Morgan fingerprint density at radius 2 is 1.83 bits per heavy atom. The number of amides is 1. The molecule has 2 N–H and O–H groups in total. The summed E-state index contributed by atoms with van der Waals surface area (Å²) in [6.07, 6.45) is 1.25. The van der Waals surface area contributed by atoms with Crippen LogP contribution in [-0.4, -0.2) is 20.1 Å². The highest BCUT2D eigenvalue weighted by Crippen LogP contribution is 2.39. The number of benzene rings is 2. The van der Waals surface area contributed by atoms with Crippen molar-refractivity contribution >= 4 is 21.6 Å². The van der Waals surface area contributed by atoms with Crippen LogP contribution >= 0.6 is 0 Å². The minimum absolute atomic E-state index is 0.314. The summed E-state index contributed by atoms with van der Waals surface area (Å²) in [6.45, 7) is 3.42. The summed E-state index contributed by atoms with van der Waals surface area (Å²) < 4.78 is 25.4. The fourth-order valence-corrected chi connectivity index (χ4v) is 3.99. The Hall–Kier alpha value is -2.44. The highest BCUT2D eigenvalue weighted by molar-refractivity contribution is 7.93. The maximum atomic E-state index is 12.3. The molecule has 0 aromatic heterocycles. The van der Waals surface area contributed by atoms with Gasteiger partial charge in [-0.25, -0.2) is 12.7 Å². The Bertz CT molecular complexity index is 876. The second-order valence-electron chi connectivity index (χ2n) is 5.29. The molecule has 1 atom stereocenters. The monoisotopic (exact) mass is 328 g/mol. The lowest BCUT2D eigenvalue weighted by Gasteiger charge is -2.16. The molecule has 0 bridgehead atoms. The van der Waals surface area contributed by atoms with E-state index in [-0.39, 0.29) is 5.75 Å². The van der Waals surface area contributed by atoms with Gasteiger partial charge in [-0.1, -0.05) is 42.5 Å². The quantitative estimate of drug-likeness (QED) is 0.873. The Labute approximate surface area is 135 Å². The van der Waals surface area contributed by atoms with Gasteiger partial charge in [0.25, 0.3) is 5.91 Å². The van der Waals surface area contributed by atoms with E-state index in [1.165, 1.54) is 6.08 Å². The van der Waals surface area contributed by atoms with Crippen LogP contribution in [0.4, 0.5) is 5.69 Å². The van der Waals surface area contributed by atoms with E-state index in [2.05, 4.69) is 6.58 Å². The van der Waals surface area contributed by atoms with Gasteiger partial charge in [0, 0.05) is 5.56 Å². The average molecular weight is 328 g/mol. The van der Waals surface area contributed by atoms with E-state index in [4.69, 9.17) is 5.73 Å².